The van der Waals surface area contributed by atoms with Crippen molar-refractivity contribution in [2.75, 3.05) is 5.43 Å². The minimum atomic E-state index is -0.589. The lowest BCUT2D eigenvalue weighted by Gasteiger charge is -2.14. The van der Waals surface area contributed by atoms with Crippen LogP contribution < -0.4 is 16.6 Å². The molecule has 0 radical (unpaired) electrons. The average molecular weight is 306 g/mol. The zero-order chi connectivity index (χ0) is 15.4. The van der Waals surface area contributed by atoms with Gasteiger partial charge in [-0.3, -0.25) is 20.8 Å². The number of carbonyl (C=O) groups is 1. The number of para-hydroxylation sites is 1. The number of nitro groups is 1. The molecule has 1 amide bonds. The summed E-state index contributed by atoms with van der Waals surface area (Å²) in [5, 5.41) is 17.6. The van der Waals surface area contributed by atoms with Crippen molar-refractivity contribution < 1.29 is 9.72 Å². The maximum atomic E-state index is 12.3. The number of thiophene rings is 1. The molecule has 7 nitrogen and oxygen atoms in total. The van der Waals surface area contributed by atoms with Gasteiger partial charge in [-0.15, -0.1) is 0 Å². The number of nitrogen functional groups attached to an aromatic ring is 1. The summed E-state index contributed by atoms with van der Waals surface area (Å²) in [5.41, 5.74) is 3.10. The Bertz CT molecular complexity index is 657. The number of rotatable bonds is 5. The van der Waals surface area contributed by atoms with E-state index in [1.165, 1.54) is 29.5 Å². The number of anilines is 1. The lowest BCUT2D eigenvalue weighted by molar-refractivity contribution is -0.384. The van der Waals surface area contributed by atoms with Gasteiger partial charge in [0, 0.05) is 6.07 Å². The topological polar surface area (TPSA) is 110 Å². The number of amides is 1. The van der Waals surface area contributed by atoms with Crippen molar-refractivity contribution >= 4 is 28.6 Å². The fourth-order valence-electron chi connectivity index (χ4n) is 1.91. The predicted octanol–water partition coefficient (Wildman–Crippen LogP) is 2.43. The third-order valence-electron chi connectivity index (χ3n) is 3.02. The van der Waals surface area contributed by atoms with Gasteiger partial charge in [-0.1, -0.05) is 6.07 Å². The molecule has 0 aliphatic heterocycles. The fourth-order valence-corrected chi connectivity index (χ4v) is 2.67. The van der Waals surface area contributed by atoms with E-state index in [2.05, 4.69) is 10.7 Å². The van der Waals surface area contributed by atoms with E-state index in [4.69, 9.17) is 5.84 Å². The fraction of sp³-hybridized carbons (Fsp3) is 0.154. The molecule has 0 saturated carbocycles. The molecule has 1 unspecified atom stereocenters. The zero-order valence-corrected chi connectivity index (χ0v) is 12.0. The molecule has 0 saturated heterocycles. The Balaban J connectivity index is 2.27. The Morgan fingerprint density at radius 3 is 2.76 bits per heavy atom. The van der Waals surface area contributed by atoms with Crippen molar-refractivity contribution in [3.8, 4) is 0 Å². The number of nitrogens with two attached hydrogens (primary N) is 1. The highest BCUT2D eigenvalue weighted by Gasteiger charge is 2.22. The molecule has 2 aromatic rings. The minimum Gasteiger partial charge on any atom is -0.345 e. The molecule has 1 aromatic heterocycles. The van der Waals surface area contributed by atoms with Crippen molar-refractivity contribution in [2.45, 2.75) is 13.0 Å². The smallest absolute Gasteiger partial charge is 0.294 e. The Hall–Kier alpha value is -2.45. The van der Waals surface area contributed by atoms with Crippen LogP contribution in [0.2, 0.25) is 0 Å². The lowest BCUT2D eigenvalue weighted by atomic mass is 10.1. The number of hydrogen-bond donors (Lipinski definition) is 3. The summed E-state index contributed by atoms with van der Waals surface area (Å²) in [7, 11) is 0. The Morgan fingerprint density at radius 1 is 1.43 bits per heavy atom. The summed E-state index contributed by atoms with van der Waals surface area (Å²) in [6, 6.07) is 5.93. The van der Waals surface area contributed by atoms with Crippen LogP contribution in [0.4, 0.5) is 11.4 Å². The Kier molecular flexibility index (Phi) is 4.51. The van der Waals surface area contributed by atoms with E-state index in [1.807, 2.05) is 23.8 Å². The second-order valence-corrected chi connectivity index (χ2v) is 5.13. The molecule has 8 heteroatoms. The predicted molar refractivity (Wildman–Crippen MR) is 81.1 cm³/mol. The third-order valence-corrected chi connectivity index (χ3v) is 3.72. The molecule has 0 aliphatic carbocycles. The van der Waals surface area contributed by atoms with Gasteiger partial charge in [-0.05, 0) is 35.4 Å². The van der Waals surface area contributed by atoms with Crippen molar-refractivity contribution in [3.05, 3.63) is 56.3 Å². The van der Waals surface area contributed by atoms with E-state index in [-0.39, 0.29) is 23.0 Å². The van der Waals surface area contributed by atoms with E-state index >= 15 is 0 Å². The van der Waals surface area contributed by atoms with Crippen LogP contribution in [0, 0.1) is 10.1 Å². The van der Waals surface area contributed by atoms with Crippen molar-refractivity contribution in [3.63, 3.8) is 0 Å². The SMILES string of the molecule is CC(NC(=O)c1cccc([N+](=O)[O-])c1NN)c1ccsc1. The second kappa shape index (κ2) is 6.33. The average Bonchev–Trinajstić information content (AvgIpc) is 3.00. The highest BCUT2D eigenvalue weighted by molar-refractivity contribution is 7.07. The Morgan fingerprint density at radius 2 is 2.19 bits per heavy atom. The highest BCUT2D eigenvalue weighted by Crippen LogP contribution is 2.28. The van der Waals surface area contributed by atoms with E-state index in [0.717, 1.165) is 5.56 Å². The first-order valence-corrected chi connectivity index (χ1v) is 7.06. The van der Waals surface area contributed by atoms with Crippen LogP contribution in [-0.4, -0.2) is 10.8 Å². The minimum absolute atomic E-state index is 0.00230. The summed E-state index contributed by atoms with van der Waals surface area (Å²) in [5.74, 6) is 4.89. The first kappa shape index (κ1) is 14.9. The number of hydrogen-bond acceptors (Lipinski definition) is 6. The molecule has 4 N–H and O–H groups in total. The standard InChI is InChI=1S/C13H14N4O3S/c1-8(9-5-6-21-7-9)15-13(18)10-3-2-4-11(17(19)20)12(10)16-14/h2-8,16H,14H2,1H3,(H,15,18). The van der Waals surface area contributed by atoms with Gasteiger partial charge in [0.05, 0.1) is 16.5 Å². The molecule has 110 valence electrons. The zero-order valence-electron chi connectivity index (χ0n) is 11.2. The van der Waals surface area contributed by atoms with Crippen LogP contribution >= 0.6 is 11.3 Å². The van der Waals surface area contributed by atoms with Crippen LogP contribution in [0.25, 0.3) is 0 Å². The van der Waals surface area contributed by atoms with Crippen LogP contribution in [0.15, 0.2) is 35.0 Å². The summed E-state index contributed by atoms with van der Waals surface area (Å²) in [4.78, 5) is 22.6. The van der Waals surface area contributed by atoms with Crippen molar-refractivity contribution in [2.24, 2.45) is 5.84 Å². The number of nitrogens with zero attached hydrogens (tertiary/aromatic N) is 1. The van der Waals surface area contributed by atoms with Crippen molar-refractivity contribution in [1.29, 1.82) is 0 Å². The van der Waals surface area contributed by atoms with Gasteiger partial charge in [0.15, 0.2) is 0 Å². The van der Waals surface area contributed by atoms with E-state index in [1.54, 1.807) is 0 Å². The van der Waals surface area contributed by atoms with Gasteiger partial charge < -0.3 is 10.7 Å². The quantitative estimate of drug-likeness (QED) is 0.446. The molecule has 2 rings (SSSR count). The normalized spacial score (nSPS) is 11.7. The molecule has 0 bridgehead atoms. The lowest BCUT2D eigenvalue weighted by Crippen LogP contribution is -2.28. The third kappa shape index (κ3) is 3.18. The maximum absolute atomic E-state index is 12.3. The van der Waals surface area contributed by atoms with E-state index in [0.29, 0.717) is 0 Å². The van der Waals surface area contributed by atoms with Crippen LogP contribution in [0.5, 0.6) is 0 Å². The van der Waals surface area contributed by atoms with E-state index in [9.17, 15) is 14.9 Å². The van der Waals surface area contributed by atoms with Gasteiger partial charge in [0.1, 0.15) is 5.69 Å². The Labute approximate surface area is 124 Å². The number of hydrazine groups is 1. The van der Waals surface area contributed by atoms with Crippen LogP contribution in [0.1, 0.15) is 28.9 Å². The molecule has 0 aliphatic rings. The molecule has 1 aromatic carbocycles. The van der Waals surface area contributed by atoms with Gasteiger partial charge in [0.25, 0.3) is 11.6 Å². The molecule has 0 spiro atoms. The van der Waals surface area contributed by atoms with Gasteiger partial charge in [-0.25, -0.2) is 0 Å². The summed E-state index contributed by atoms with van der Waals surface area (Å²) in [6.45, 7) is 1.84. The maximum Gasteiger partial charge on any atom is 0.294 e. The highest BCUT2D eigenvalue weighted by atomic mass is 32.1. The van der Waals surface area contributed by atoms with Crippen molar-refractivity contribution in [1.82, 2.24) is 5.32 Å². The first-order valence-electron chi connectivity index (χ1n) is 6.11. The summed E-state index contributed by atoms with van der Waals surface area (Å²) >= 11 is 1.53. The summed E-state index contributed by atoms with van der Waals surface area (Å²) < 4.78 is 0. The molecule has 1 heterocycles. The largest absolute Gasteiger partial charge is 0.345 e. The van der Waals surface area contributed by atoms with Crippen LogP contribution in [0.3, 0.4) is 0 Å². The molecule has 1 atom stereocenters. The molecule has 21 heavy (non-hydrogen) atoms. The number of carbonyl (C=O) groups excluding carboxylic acids is 1. The van der Waals surface area contributed by atoms with Gasteiger partial charge in [-0.2, -0.15) is 11.3 Å². The van der Waals surface area contributed by atoms with Gasteiger partial charge >= 0.3 is 0 Å². The molecular weight excluding hydrogens is 292 g/mol. The number of nitrogens with one attached hydrogen (secondary N) is 2. The molecule has 0 fully saturated rings. The van der Waals surface area contributed by atoms with E-state index < -0.39 is 10.8 Å². The monoisotopic (exact) mass is 306 g/mol. The first-order chi connectivity index (χ1) is 10.0. The molecular formula is C13H14N4O3S. The summed E-state index contributed by atoms with van der Waals surface area (Å²) in [6.07, 6.45) is 0. The van der Waals surface area contributed by atoms with Gasteiger partial charge in [0.2, 0.25) is 0 Å². The van der Waals surface area contributed by atoms with Crippen LogP contribution in [-0.2, 0) is 0 Å². The number of benzene rings is 1. The second-order valence-electron chi connectivity index (χ2n) is 4.35. The number of nitro benzene ring substituents is 1.